The molecule has 0 atom stereocenters. The lowest BCUT2D eigenvalue weighted by Gasteiger charge is -2.07. The minimum atomic E-state index is -1.23. The lowest BCUT2D eigenvalue weighted by molar-refractivity contribution is 0.0666. The van der Waals surface area contributed by atoms with Gasteiger partial charge in [-0.05, 0) is 36.4 Å². The van der Waals surface area contributed by atoms with Crippen LogP contribution >= 0.6 is 0 Å². The highest BCUT2D eigenvalue weighted by Crippen LogP contribution is 2.16. The number of carbonyl (C=O) groups excluding carboxylic acids is 1. The lowest BCUT2D eigenvalue weighted by Crippen LogP contribution is -2.14. The van der Waals surface area contributed by atoms with Gasteiger partial charge in [-0.15, -0.1) is 0 Å². The van der Waals surface area contributed by atoms with Crippen LogP contribution in [0.2, 0.25) is 0 Å². The molecule has 6 nitrogen and oxygen atoms in total. The van der Waals surface area contributed by atoms with Crippen molar-refractivity contribution in [3.63, 3.8) is 0 Å². The summed E-state index contributed by atoms with van der Waals surface area (Å²) < 4.78 is 5.03. The molecular formula is C15H10O6. The van der Waals surface area contributed by atoms with Crippen LogP contribution in [0, 0.1) is 0 Å². The first kappa shape index (κ1) is 14.3. The molecule has 0 aliphatic carbocycles. The summed E-state index contributed by atoms with van der Waals surface area (Å²) in [5.41, 5.74) is -0.183. The van der Waals surface area contributed by atoms with Crippen molar-refractivity contribution in [2.75, 3.05) is 0 Å². The Labute approximate surface area is 119 Å². The van der Waals surface area contributed by atoms with Crippen molar-refractivity contribution >= 4 is 17.9 Å². The van der Waals surface area contributed by atoms with Gasteiger partial charge in [0.15, 0.2) is 0 Å². The fourth-order valence-corrected chi connectivity index (χ4v) is 1.68. The first-order valence-corrected chi connectivity index (χ1v) is 5.87. The number of hydrogen-bond acceptors (Lipinski definition) is 4. The van der Waals surface area contributed by atoms with Crippen LogP contribution < -0.4 is 4.74 Å². The molecule has 0 amide bonds. The van der Waals surface area contributed by atoms with Gasteiger partial charge in [-0.2, -0.15) is 0 Å². The Morgan fingerprint density at radius 1 is 0.762 bits per heavy atom. The zero-order chi connectivity index (χ0) is 15.4. The molecule has 0 spiro atoms. The largest absolute Gasteiger partial charge is 0.478 e. The molecule has 0 aromatic heterocycles. The first-order valence-electron chi connectivity index (χ1n) is 5.87. The second kappa shape index (κ2) is 5.87. The quantitative estimate of drug-likeness (QED) is 0.660. The van der Waals surface area contributed by atoms with Crippen LogP contribution in [-0.2, 0) is 0 Å². The van der Waals surface area contributed by atoms with Gasteiger partial charge in [-0.1, -0.05) is 12.1 Å². The number of ether oxygens (including phenoxy) is 1. The van der Waals surface area contributed by atoms with E-state index < -0.39 is 17.9 Å². The molecule has 106 valence electrons. The molecule has 0 unspecified atom stereocenters. The maximum atomic E-state index is 12.0. The van der Waals surface area contributed by atoms with E-state index in [-0.39, 0.29) is 22.4 Å². The van der Waals surface area contributed by atoms with Gasteiger partial charge in [0.05, 0.1) is 16.7 Å². The van der Waals surface area contributed by atoms with Gasteiger partial charge < -0.3 is 14.9 Å². The van der Waals surface area contributed by atoms with E-state index in [4.69, 9.17) is 14.9 Å². The van der Waals surface area contributed by atoms with Gasteiger partial charge in [0, 0.05) is 0 Å². The van der Waals surface area contributed by atoms with Gasteiger partial charge in [0.2, 0.25) is 0 Å². The van der Waals surface area contributed by atoms with E-state index in [0.29, 0.717) is 0 Å². The summed E-state index contributed by atoms with van der Waals surface area (Å²) in [7, 11) is 0. The first-order chi connectivity index (χ1) is 9.99. The monoisotopic (exact) mass is 286 g/mol. The van der Waals surface area contributed by atoms with E-state index in [2.05, 4.69) is 0 Å². The summed E-state index contributed by atoms with van der Waals surface area (Å²) in [4.78, 5) is 33.7. The minimum absolute atomic E-state index is 0.0562. The molecule has 0 bridgehead atoms. The van der Waals surface area contributed by atoms with Crippen LogP contribution in [0.3, 0.4) is 0 Å². The fourth-order valence-electron chi connectivity index (χ4n) is 1.68. The molecule has 0 fully saturated rings. The third kappa shape index (κ3) is 3.24. The number of aromatic carboxylic acids is 2. The topological polar surface area (TPSA) is 101 Å². The Morgan fingerprint density at radius 3 is 1.86 bits per heavy atom. The predicted octanol–water partition coefficient (Wildman–Crippen LogP) is 2.30. The zero-order valence-corrected chi connectivity index (χ0v) is 10.6. The lowest BCUT2D eigenvalue weighted by atomic mass is 10.1. The number of benzene rings is 2. The zero-order valence-electron chi connectivity index (χ0n) is 10.6. The van der Waals surface area contributed by atoms with Gasteiger partial charge in [-0.25, -0.2) is 14.4 Å². The molecule has 0 radical (unpaired) electrons. The van der Waals surface area contributed by atoms with E-state index in [1.807, 2.05) is 0 Å². The average molecular weight is 286 g/mol. The van der Waals surface area contributed by atoms with Gasteiger partial charge in [0.1, 0.15) is 5.75 Å². The standard InChI is InChI=1S/C15H10O6/c16-13(17)9-5-7-10(8-6-9)21-15(20)12-4-2-1-3-11(12)14(18)19/h1-8H,(H,16,17)(H,18,19). The minimum Gasteiger partial charge on any atom is -0.478 e. The predicted molar refractivity (Wildman–Crippen MR) is 71.8 cm³/mol. The second-order valence-corrected chi connectivity index (χ2v) is 4.07. The summed E-state index contributed by atoms with van der Waals surface area (Å²) in [6.07, 6.45) is 0. The normalized spacial score (nSPS) is 9.90. The Balaban J connectivity index is 2.22. The molecular weight excluding hydrogens is 276 g/mol. The third-order valence-electron chi connectivity index (χ3n) is 2.69. The van der Waals surface area contributed by atoms with Crippen molar-refractivity contribution < 1.29 is 29.3 Å². The van der Waals surface area contributed by atoms with Gasteiger partial charge in [0.25, 0.3) is 0 Å². The molecule has 0 aliphatic heterocycles. The van der Waals surface area contributed by atoms with E-state index >= 15 is 0 Å². The molecule has 0 heterocycles. The molecule has 2 aromatic carbocycles. The van der Waals surface area contributed by atoms with E-state index in [1.165, 1.54) is 48.5 Å². The number of carboxylic acid groups (broad SMARTS) is 2. The molecule has 6 heteroatoms. The third-order valence-corrected chi connectivity index (χ3v) is 2.69. The molecule has 0 aliphatic rings. The number of esters is 1. The maximum absolute atomic E-state index is 12.0. The van der Waals surface area contributed by atoms with Crippen molar-refractivity contribution in [1.29, 1.82) is 0 Å². The van der Waals surface area contributed by atoms with Crippen LogP contribution in [0.1, 0.15) is 31.1 Å². The molecule has 2 N–H and O–H groups in total. The highest BCUT2D eigenvalue weighted by Gasteiger charge is 2.17. The van der Waals surface area contributed by atoms with Crippen LogP contribution in [0.5, 0.6) is 5.75 Å². The van der Waals surface area contributed by atoms with Crippen molar-refractivity contribution in [3.05, 3.63) is 65.2 Å². The van der Waals surface area contributed by atoms with E-state index in [0.717, 1.165) is 0 Å². The highest BCUT2D eigenvalue weighted by molar-refractivity contribution is 6.03. The molecule has 0 saturated carbocycles. The van der Waals surface area contributed by atoms with Crippen molar-refractivity contribution in [3.8, 4) is 5.75 Å². The van der Waals surface area contributed by atoms with Gasteiger partial charge in [-0.3, -0.25) is 0 Å². The van der Waals surface area contributed by atoms with Crippen LogP contribution in [-0.4, -0.2) is 28.1 Å². The number of hydrogen-bond donors (Lipinski definition) is 2. The van der Waals surface area contributed by atoms with Crippen LogP contribution in [0.25, 0.3) is 0 Å². The Kier molecular flexibility index (Phi) is 3.99. The number of rotatable bonds is 4. The van der Waals surface area contributed by atoms with E-state index in [9.17, 15) is 14.4 Å². The highest BCUT2D eigenvalue weighted by atomic mass is 16.5. The van der Waals surface area contributed by atoms with Crippen LogP contribution in [0.4, 0.5) is 0 Å². The Bertz CT molecular complexity index is 702. The van der Waals surface area contributed by atoms with E-state index in [1.54, 1.807) is 0 Å². The summed E-state index contributed by atoms with van der Waals surface area (Å²) in [6, 6.07) is 10.9. The maximum Gasteiger partial charge on any atom is 0.344 e. The number of carboxylic acids is 2. The van der Waals surface area contributed by atoms with Crippen molar-refractivity contribution in [2.24, 2.45) is 0 Å². The molecule has 21 heavy (non-hydrogen) atoms. The summed E-state index contributed by atoms with van der Waals surface area (Å²) in [5, 5.41) is 17.8. The Morgan fingerprint density at radius 2 is 1.33 bits per heavy atom. The van der Waals surface area contributed by atoms with Crippen LogP contribution in [0.15, 0.2) is 48.5 Å². The second-order valence-electron chi connectivity index (χ2n) is 4.07. The number of carbonyl (C=O) groups is 3. The SMILES string of the molecule is O=C(O)c1ccc(OC(=O)c2ccccc2C(=O)O)cc1. The molecule has 2 aromatic rings. The summed E-state index contributed by atoms with van der Waals surface area (Å²) in [6.45, 7) is 0. The van der Waals surface area contributed by atoms with Crippen molar-refractivity contribution in [1.82, 2.24) is 0 Å². The average Bonchev–Trinajstić information content (AvgIpc) is 2.47. The summed E-state index contributed by atoms with van der Waals surface area (Å²) >= 11 is 0. The Hall–Kier alpha value is -3.15. The fraction of sp³-hybridized carbons (Fsp3) is 0. The smallest absolute Gasteiger partial charge is 0.344 e. The molecule has 0 saturated heterocycles. The van der Waals surface area contributed by atoms with Gasteiger partial charge >= 0.3 is 17.9 Å². The molecule has 2 rings (SSSR count). The summed E-state index contributed by atoms with van der Waals surface area (Å²) in [5.74, 6) is -3.02. The van der Waals surface area contributed by atoms with Crippen molar-refractivity contribution in [2.45, 2.75) is 0 Å².